The lowest BCUT2D eigenvalue weighted by molar-refractivity contribution is 0.400. The molecular formula is C17H18N2O3S2. The minimum Gasteiger partial charge on any atom is -0.497 e. The Morgan fingerprint density at radius 1 is 1.25 bits per heavy atom. The fourth-order valence-corrected chi connectivity index (χ4v) is 4.27. The van der Waals surface area contributed by atoms with Gasteiger partial charge in [0.05, 0.1) is 19.7 Å². The number of hydrogen-bond acceptors (Lipinski definition) is 6. The van der Waals surface area contributed by atoms with Gasteiger partial charge in [-0.05, 0) is 36.6 Å². The third-order valence-corrected chi connectivity index (χ3v) is 5.61. The normalized spacial score (nSPS) is 11.0. The van der Waals surface area contributed by atoms with Gasteiger partial charge in [0.1, 0.15) is 16.2 Å². The first kappa shape index (κ1) is 16.9. The molecule has 0 N–H and O–H groups in total. The molecular weight excluding hydrogens is 344 g/mol. The van der Waals surface area contributed by atoms with Crippen LogP contribution in [0, 0.1) is 0 Å². The van der Waals surface area contributed by atoms with Gasteiger partial charge in [-0.2, -0.15) is 0 Å². The number of ether oxygens (including phenoxy) is 2. The Bertz CT molecular complexity index is 918. The van der Waals surface area contributed by atoms with E-state index in [-0.39, 0.29) is 5.56 Å². The van der Waals surface area contributed by atoms with E-state index in [0.29, 0.717) is 17.0 Å². The van der Waals surface area contributed by atoms with Crippen LogP contribution in [-0.2, 0) is 12.3 Å². The van der Waals surface area contributed by atoms with Crippen LogP contribution in [0.5, 0.6) is 11.5 Å². The van der Waals surface area contributed by atoms with Crippen molar-refractivity contribution in [3.8, 4) is 11.5 Å². The highest BCUT2D eigenvalue weighted by atomic mass is 32.2. The number of methoxy groups -OCH3 is 2. The molecule has 24 heavy (non-hydrogen) atoms. The Balaban J connectivity index is 1.95. The quantitative estimate of drug-likeness (QED) is 0.493. The van der Waals surface area contributed by atoms with E-state index in [4.69, 9.17) is 9.47 Å². The van der Waals surface area contributed by atoms with E-state index in [9.17, 15) is 4.79 Å². The lowest BCUT2D eigenvalue weighted by Crippen LogP contribution is -2.21. The van der Waals surface area contributed by atoms with Crippen molar-refractivity contribution < 1.29 is 9.47 Å². The summed E-state index contributed by atoms with van der Waals surface area (Å²) in [4.78, 5) is 17.2. The third-order valence-electron chi connectivity index (χ3n) is 3.69. The molecule has 2 heterocycles. The highest BCUT2D eigenvalue weighted by Gasteiger charge is 2.13. The van der Waals surface area contributed by atoms with Gasteiger partial charge in [0.25, 0.3) is 5.56 Å². The molecule has 0 fully saturated rings. The second-order valence-electron chi connectivity index (χ2n) is 5.05. The maximum atomic E-state index is 12.6. The van der Waals surface area contributed by atoms with E-state index in [1.165, 1.54) is 23.1 Å². The van der Waals surface area contributed by atoms with Gasteiger partial charge >= 0.3 is 0 Å². The number of fused-ring (bicyclic) bond motifs is 1. The number of aromatic nitrogens is 2. The predicted molar refractivity (Wildman–Crippen MR) is 98.7 cm³/mol. The summed E-state index contributed by atoms with van der Waals surface area (Å²) in [5, 5.41) is 2.62. The summed E-state index contributed by atoms with van der Waals surface area (Å²) in [6.07, 6.45) is 0. The van der Waals surface area contributed by atoms with Gasteiger partial charge in [-0.25, -0.2) is 4.98 Å². The zero-order valence-electron chi connectivity index (χ0n) is 13.7. The molecule has 0 saturated heterocycles. The zero-order chi connectivity index (χ0) is 17.1. The maximum Gasteiger partial charge on any atom is 0.272 e. The SMILES string of the molecule is CCn1c(SCc2cc(OC)ccc2OC)nc2ccsc2c1=O. The second kappa shape index (κ2) is 7.27. The van der Waals surface area contributed by atoms with Crippen molar-refractivity contribution in [1.82, 2.24) is 9.55 Å². The number of thioether (sulfide) groups is 1. The van der Waals surface area contributed by atoms with Crippen LogP contribution in [0.4, 0.5) is 0 Å². The molecule has 0 unspecified atom stereocenters. The van der Waals surface area contributed by atoms with Crippen molar-refractivity contribution >= 4 is 33.3 Å². The molecule has 1 aromatic carbocycles. The molecule has 7 heteroatoms. The molecule has 0 aliphatic carbocycles. The van der Waals surface area contributed by atoms with Crippen molar-refractivity contribution in [1.29, 1.82) is 0 Å². The Labute approximate surface area is 148 Å². The molecule has 0 bridgehead atoms. The predicted octanol–water partition coefficient (Wildman–Crippen LogP) is 3.79. The van der Waals surface area contributed by atoms with Gasteiger partial charge in [-0.15, -0.1) is 11.3 Å². The van der Waals surface area contributed by atoms with E-state index < -0.39 is 0 Å². The van der Waals surface area contributed by atoms with E-state index >= 15 is 0 Å². The first-order chi connectivity index (χ1) is 11.7. The molecule has 0 atom stereocenters. The van der Waals surface area contributed by atoms with E-state index in [1.807, 2.05) is 36.6 Å². The Kier molecular flexibility index (Phi) is 5.11. The van der Waals surface area contributed by atoms with Gasteiger partial charge < -0.3 is 9.47 Å². The van der Waals surface area contributed by atoms with Crippen LogP contribution in [0.3, 0.4) is 0 Å². The molecule has 0 radical (unpaired) electrons. The molecule has 0 amide bonds. The highest BCUT2D eigenvalue weighted by Crippen LogP contribution is 2.30. The second-order valence-corrected chi connectivity index (χ2v) is 6.90. The average molecular weight is 362 g/mol. The third kappa shape index (κ3) is 3.14. The van der Waals surface area contributed by atoms with E-state index in [1.54, 1.807) is 18.8 Å². The van der Waals surface area contributed by atoms with Crippen LogP contribution in [-0.4, -0.2) is 23.8 Å². The Morgan fingerprint density at radius 3 is 2.79 bits per heavy atom. The number of thiophene rings is 1. The lowest BCUT2D eigenvalue weighted by atomic mass is 10.2. The van der Waals surface area contributed by atoms with Crippen molar-refractivity contribution in [3.05, 3.63) is 45.6 Å². The maximum absolute atomic E-state index is 12.6. The molecule has 2 aromatic heterocycles. The molecule has 126 valence electrons. The van der Waals surface area contributed by atoms with Crippen molar-refractivity contribution in [2.24, 2.45) is 0 Å². The first-order valence-electron chi connectivity index (χ1n) is 7.49. The summed E-state index contributed by atoms with van der Waals surface area (Å²) in [6, 6.07) is 7.59. The van der Waals surface area contributed by atoms with Gasteiger partial charge in [0, 0.05) is 17.9 Å². The van der Waals surface area contributed by atoms with Gasteiger partial charge in [-0.1, -0.05) is 11.8 Å². The number of rotatable bonds is 6. The van der Waals surface area contributed by atoms with E-state index in [2.05, 4.69) is 4.98 Å². The monoisotopic (exact) mass is 362 g/mol. The molecule has 3 aromatic rings. The smallest absolute Gasteiger partial charge is 0.272 e. The van der Waals surface area contributed by atoms with Gasteiger partial charge in [0.2, 0.25) is 0 Å². The summed E-state index contributed by atoms with van der Waals surface area (Å²) in [7, 11) is 3.28. The Morgan fingerprint density at radius 2 is 2.08 bits per heavy atom. The summed E-state index contributed by atoms with van der Waals surface area (Å²) < 4.78 is 13.1. The standard InChI is InChI=1S/C17H18N2O3S2/c1-4-19-16(20)15-13(7-8-23-15)18-17(19)24-10-11-9-12(21-2)5-6-14(11)22-3/h5-9H,4,10H2,1-3H3. The molecule has 5 nitrogen and oxygen atoms in total. The molecule has 0 aliphatic rings. The topological polar surface area (TPSA) is 53.4 Å². The average Bonchev–Trinajstić information content (AvgIpc) is 3.08. The first-order valence-corrected chi connectivity index (χ1v) is 9.36. The highest BCUT2D eigenvalue weighted by molar-refractivity contribution is 7.98. The van der Waals surface area contributed by atoms with Crippen LogP contribution in [0.25, 0.3) is 10.2 Å². The summed E-state index contributed by atoms with van der Waals surface area (Å²) in [5.41, 5.74) is 1.79. The minimum absolute atomic E-state index is 0.0256. The summed E-state index contributed by atoms with van der Waals surface area (Å²) in [6.45, 7) is 2.55. The number of nitrogens with zero attached hydrogens (tertiary/aromatic N) is 2. The number of hydrogen-bond donors (Lipinski definition) is 0. The van der Waals surface area contributed by atoms with E-state index in [0.717, 1.165) is 27.7 Å². The Hall–Kier alpha value is -1.99. The van der Waals surface area contributed by atoms with Gasteiger partial charge in [0.15, 0.2) is 5.16 Å². The van der Waals surface area contributed by atoms with Crippen molar-refractivity contribution in [2.45, 2.75) is 24.4 Å². The summed E-state index contributed by atoms with van der Waals surface area (Å²) in [5.74, 6) is 2.22. The largest absolute Gasteiger partial charge is 0.497 e. The number of benzene rings is 1. The van der Waals surface area contributed by atoms with Crippen LogP contribution >= 0.6 is 23.1 Å². The molecule has 0 aliphatic heterocycles. The summed E-state index contributed by atoms with van der Waals surface area (Å²) >= 11 is 2.96. The zero-order valence-corrected chi connectivity index (χ0v) is 15.4. The lowest BCUT2D eigenvalue weighted by Gasteiger charge is -2.12. The fourth-order valence-electron chi connectivity index (χ4n) is 2.45. The van der Waals surface area contributed by atoms with Crippen LogP contribution in [0.2, 0.25) is 0 Å². The van der Waals surface area contributed by atoms with Crippen LogP contribution in [0.1, 0.15) is 12.5 Å². The van der Waals surface area contributed by atoms with Crippen LogP contribution < -0.4 is 15.0 Å². The fraction of sp³-hybridized carbons (Fsp3) is 0.294. The van der Waals surface area contributed by atoms with Crippen molar-refractivity contribution in [2.75, 3.05) is 14.2 Å². The molecule has 0 saturated carbocycles. The molecule has 3 rings (SSSR count). The molecule has 0 spiro atoms. The van der Waals surface area contributed by atoms with Crippen molar-refractivity contribution in [3.63, 3.8) is 0 Å². The van der Waals surface area contributed by atoms with Crippen LogP contribution in [0.15, 0.2) is 39.6 Å². The van der Waals surface area contributed by atoms with Gasteiger partial charge in [-0.3, -0.25) is 9.36 Å². The minimum atomic E-state index is 0.0256.